The lowest BCUT2D eigenvalue weighted by atomic mass is 9.79. The predicted molar refractivity (Wildman–Crippen MR) is 71.0 cm³/mol. The highest BCUT2D eigenvalue weighted by atomic mass is 35.5. The summed E-state index contributed by atoms with van der Waals surface area (Å²) in [5.41, 5.74) is -1.65. The van der Waals surface area contributed by atoms with Gasteiger partial charge >= 0.3 is 5.97 Å². The minimum absolute atomic E-state index is 0.484. The smallest absolute Gasteiger partial charge is 0.304 e. The van der Waals surface area contributed by atoms with Crippen molar-refractivity contribution in [1.29, 1.82) is 5.26 Å². The fraction of sp³-hybridized carbons (Fsp3) is 0.333. The average molecular weight is 274 g/mol. The summed E-state index contributed by atoms with van der Waals surface area (Å²) in [4.78, 5) is 11.4. The first kappa shape index (κ1) is 13.5. The van der Waals surface area contributed by atoms with E-state index in [9.17, 15) is 10.1 Å². The number of nitrogens with zero attached hydrogens (tertiary/aromatic N) is 1. The number of carbonyl (C=O) groups excluding carboxylic acids is 1. The summed E-state index contributed by atoms with van der Waals surface area (Å²) >= 11 is 5.97. The lowest BCUT2D eigenvalue weighted by molar-refractivity contribution is -0.156. The van der Waals surface area contributed by atoms with Crippen LogP contribution in [0.15, 0.2) is 24.3 Å². The summed E-state index contributed by atoms with van der Waals surface area (Å²) in [5.74, 6) is 2.01. The van der Waals surface area contributed by atoms with Crippen molar-refractivity contribution < 1.29 is 9.53 Å². The summed E-state index contributed by atoms with van der Waals surface area (Å²) in [6.07, 6.45) is 6.83. The Kier molecular flexibility index (Phi) is 3.27. The molecule has 0 spiro atoms. The molecule has 1 atom stereocenters. The molecule has 0 amide bonds. The van der Waals surface area contributed by atoms with E-state index in [4.69, 9.17) is 22.8 Å². The highest BCUT2D eigenvalue weighted by Crippen LogP contribution is 2.59. The zero-order valence-corrected chi connectivity index (χ0v) is 11.2. The van der Waals surface area contributed by atoms with Gasteiger partial charge in [-0.1, -0.05) is 29.7 Å². The van der Waals surface area contributed by atoms with Gasteiger partial charge in [-0.15, -0.1) is 6.42 Å². The largest absolute Gasteiger partial charge is 0.440 e. The maximum Gasteiger partial charge on any atom is 0.304 e. The molecule has 0 N–H and O–H groups in total. The minimum atomic E-state index is -1.36. The third kappa shape index (κ3) is 2.07. The Morgan fingerprint density at radius 1 is 1.58 bits per heavy atom. The molecule has 0 aliphatic heterocycles. The SMILES string of the molecule is C#C[C@](OC(C)=O)(c1cccc(Cl)c1)C1(C#N)CC1. The van der Waals surface area contributed by atoms with Crippen LogP contribution in [-0.2, 0) is 15.1 Å². The molecular weight excluding hydrogens is 262 g/mol. The van der Waals surface area contributed by atoms with Gasteiger partial charge in [0.25, 0.3) is 0 Å². The van der Waals surface area contributed by atoms with Gasteiger partial charge in [0.2, 0.25) is 5.60 Å². The number of esters is 1. The van der Waals surface area contributed by atoms with Gasteiger partial charge < -0.3 is 4.74 Å². The number of hydrogen-bond acceptors (Lipinski definition) is 3. The average Bonchev–Trinajstić information content (AvgIpc) is 3.17. The molecule has 0 aromatic heterocycles. The topological polar surface area (TPSA) is 50.1 Å². The third-order valence-electron chi connectivity index (χ3n) is 3.37. The number of halogens is 1. The fourth-order valence-corrected chi connectivity index (χ4v) is 2.46. The first-order valence-corrected chi connectivity index (χ1v) is 6.22. The van der Waals surface area contributed by atoms with Crippen LogP contribution in [0.2, 0.25) is 5.02 Å². The highest BCUT2D eigenvalue weighted by molar-refractivity contribution is 6.30. The van der Waals surface area contributed by atoms with E-state index in [1.54, 1.807) is 24.3 Å². The molecule has 1 fully saturated rings. The zero-order valence-electron chi connectivity index (χ0n) is 10.4. The normalized spacial score (nSPS) is 18.5. The van der Waals surface area contributed by atoms with Crippen molar-refractivity contribution >= 4 is 17.6 Å². The summed E-state index contributed by atoms with van der Waals surface area (Å²) in [7, 11) is 0. The van der Waals surface area contributed by atoms with Crippen LogP contribution >= 0.6 is 11.6 Å². The van der Waals surface area contributed by atoms with Crippen molar-refractivity contribution in [2.24, 2.45) is 5.41 Å². The number of benzene rings is 1. The van der Waals surface area contributed by atoms with Crippen LogP contribution in [-0.4, -0.2) is 5.97 Å². The van der Waals surface area contributed by atoms with Gasteiger partial charge in [-0.25, -0.2) is 0 Å². The summed E-state index contributed by atoms with van der Waals surface area (Å²) in [6.45, 7) is 1.28. The number of hydrogen-bond donors (Lipinski definition) is 0. The van der Waals surface area contributed by atoms with Gasteiger partial charge in [0, 0.05) is 17.5 Å². The Morgan fingerprint density at radius 3 is 2.68 bits per heavy atom. The van der Waals surface area contributed by atoms with Gasteiger partial charge in [0.05, 0.1) is 6.07 Å². The molecule has 1 aromatic carbocycles. The molecule has 0 bridgehead atoms. The first-order valence-electron chi connectivity index (χ1n) is 5.84. The molecule has 1 aliphatic carbocycles. The lowest BCUT2D eigenvalue weighted by Crippen LogP contribution is -2.39. The van der Waals surface area contributed by atoms with Crippen molar-refractivity contribution in [3.8, 4) is 18.4 Å². The Balaban J connectivity index is 2.61. The van der Waals surface area contributed by atoms with Crippen LogP contribution in [0.3, 0.4) is 0 Å². The molecular formula is C15H12ClNO2. The molecule has 0 unspecified atom stereocenters. The monoisotopic (exact) mass is 273 g/mol. The second-order valence-electron chi connectivity index (χ2n) is 4.62. The summed E-state index contributed by atoms with van der Waals surface area (Å²) in [6, 6.07) is 9.00. The van der Waals surface area contributed by atoms with E-state index in [1.165, 1.54) is 6.92 Å². The van der Waals surface area contributed by atoms with Crippen LogP contribution < -0.4 is 0 Å². The number of rotatable bonds is 3. The zero-order chi connectivity index (χ0) is 14.1. The van der Waals surface area contributed by atoms with E-state index in [0.717, 1.165) is 0 Å². The second-order valence-corrected chi connectivity index (χ2v) is 5.06. The maximum absolute atomic E-state index is 11.4. The van der Waals surface area contributed by atoms with Crippen molar-refractivity contribution in [2.45, 2.75) is 25.4 Å². The quantitative estimate of drug-likeness (QED) is 0.628. The van der Waals surface area contributed by atoms with E-state index in [2.05, 4.69) is 12.0 Å². The van der Waals surface area contributed by atoms with Crippen molar-refractivity contribution in [3.63, 3.8) is 0 Å². The highest BCUT2D eigenvalue weighted by Gasteiger charge is 2.63. The number of nitriles is 1. The predicted octanol–water partition coefficient (Wildman–Crippen LogP) is 3.04. The summed E-state index contributed by atoms with van der Waals surface area (Å²) in [5, 5.41) is 9.88. The van der Waals surface area contributed by atoms with Crippen LogP contribution in [0, 0.1) is 29.1 Å². The molecule has 2 rings (SSSR count). The third-order valence-corrected chi connectivity index (χ3v) is 3.60. The van der Waals surface area contributed by atoms with Crippen LogP contribution in [0.25, 0.3) is 0 Å². The Morgan fingerprint density at radius 2 is 2.26 bits per heavy atom. The van der Waals surface area contributed by atoms with E-state index >= 15 is 0 Å². The van der Waals surface area contributed by atoms with Crippen LogP contribution in [0.4, 0.5) is 0 Å². The van der Waals surface area contributed by atoms with Crippen molar-refractivity contribution in [2.75, 3.05) is 0 Å². The van der Waals surface area contributed by atoms with Gasteiger partial charge in [-0.2, -0.15) is 5.26 Å². The number of terminal acetylenes is 1. The molecule has 1 saturated carbocycles. The van der Waals surface area contributed by atoms with E-state index in [-0.39, 0.29) is 0 Å². The van der Waals surface area contributed by atoms with Crippen LogP contribution in [0.5, 0.6) is 0 Å². The Bertz CT molecular complexity index is 607. The standard InChI is InChI=1S/C15H12ClNO2/c1-3-15(19-11(2)18,14(10-17)7-8-14)12-5-4-6-13(16)9-12/h1,4-6,9H,7-8H2,2H3/t15-/m0/s1. The molecule has 3 nitrogen and oxygen atoms in total. The molecule has 4 heteroatoms. The first-order chi connectivity index (χ1) is 8.99. The van der Waals surface area contributed by atoms with Crippen molar-refractivity contribution in [1.82, 2.24) is 0 Å². The molecule has 1 aromatic rings. The molecule has 19 heavy (non-hydrogen) atoms. The molecule has 0 heterocycles. The molecule has 0 saturated heterocycles. The Labute approximate surface area is 117 Å². The number of ether oxygens (including phenoxy) is 1. The van der Waals surface area contributed by atoms with Gasteiger partial charge in [0.1, 0.15) is 5.41 Å². The lowest BCUT2D eigenvalue weighted by Gasteiger charge is -2.32. The number of carbonyl (C=O) groups is 1. The van der Waals surface area contributed by atoms with Crippen molar-refractivity contribution in [3.05, 3.63) is 34.9 Å². The van der Waals surface area contributed by atoms with E-state index in [0.29, 0.717) is 23.4 Å². The van der Waals surface area contributed by atoms with Gasteiger partial charge in [0.15, 0.2) is 0 Å². The van der Waals surface area contributed by atoms with E-state index in [1.807, 2.05) is 0 Å². The fourth-order valence-electron chi connectivity index (χ4n) is 2.27. The second kappa shape index (κ2) is 4.61. The summed E-state index contributed by atoms with van der Waals surface area (Å²) < 4.78 is 5.39. The Hall–Kier alpha value is -1.97. The van der Waals surface area contributed by atoms with Crippen LogP contribution in [0.1, 0.15) is 25.3 Å². The molecule has 1 aliphatic rings. The van der Waals surface area contributed by atoms with Gasteiger partial charge in [-0.05, 0) is 25.0 Å². The molecule has 0 radical (unpaired) electrons. The maximum atomic E-state index is 11.4. The minimum Gasteiger partial charge on any atom is -0.440 e. The van der Waals surface area contributed by atoms with E-state index < -0.39 is 17.0 Å². The molecule has 96 valence electrons. The van der Waals surface area contributed by atoms with Gasteiger partial charge in [-0.3, -0.25) is 4.79 Å².